The second-order valence-corrected chi connectivity index (χ2v) is 6.88. The van der Waals surface area contributed by atoms with Gasteiger partial charge in [-0.05, 0) is 67.8 Å². The largest absolute Gasteiger partial charge is 0.496 e. The summed E-state index contributed by atoms with van der Waals surface area (Å²) >= 11 is 0. The Hall–Kier alpha value is -3.34. The van der Waals surface area contributed by atoms with Crippen LogP contribution in [-0.4, -0.2) is 22.7 Å². The number of nitrogens with zero attached hydrogens (tertiary/aromatic N) is 2. The van der Waals surface area contributed by atoms with Gasteiger partial charge in [-0.3, -0.25) is 9.48 Å². The lowest BCUT2D eigenvalue weighted by atomic mass is 10.1. The topological polar surface area (TPSA) is 53.4 Å². The molecule has 1 heterocycles. The van der Waals surface area contributed by atoms with Gasteiger partial charge in [0.1, 0.15) is 23.8 Å². The zero-order valence-corrected chi connectivity index (χ0v) is 17.3. The zero-order chi connectivity index (χ0) is 20.8. The van der Waals surface area contributed by atoms with Crippen LogP contribution in [0.2, 0.25) is 0 Å². The third-order valence-electron chi connectivity index (χ3n) is 4.68. The Bertz CT molecular complexity index is 1030. The molecule has 0 radical (unpaired) electrons. The number of allylic oxidation sites excluding steroid dienone is 1. The second-order valence-electron chi connectivity index (χ2n) is 6.88. The van der Waals surface area contributed by atoms with Gasteiger partial charge in [0.2, 0.25) is 5.78 Å². The van der Waals surface area contributed by atoms with Gasteiger partial charge in [0.15, 0.2) is 0 Å². The molecule has 0 aliphatic heterocycles. The van der Waals surface area contributed by atoms with E-state index in [2.05, 4.69) is 11.2 Å². The minimum atomic E-state index is -0.124. The number of methoxy groups -OCH3 is 1. The quantitative estimate of drug-likeness (QED) is 0.401. The summed E-state index contributed by atoms with van der Waals surface area (Å²) in [5, 5.41) is 4.24. The predicted molar refractivity (Wildman–Crippen MR) is 115 cm³/mol. The maximum Gasteiger partial charge on any atom is 0.206 e. The molecule has 2 aromatic carbocycles. The molecule has 5 heteroatoms. The Kier molecular flexibility index (Phi) is 6.50. The number of hydrogen-bond acceptors (Lipinski definition) is 4. The maximum absolute atomic E-state index is 12.3. The molecule has 0 saturated carbocycles. The molecular formula is C24H26N2O3. The summed E-state index contributed by atoms with van der Waals surface area (Å²) in [6.45, 7) is 7.16. The first kappa shape index (κ1) is 20.4. The molecule has 29 heavy (non-hydrogen) atoms. The van der Waals surface area contributed by atoms with Crippen molar-refractivity contribution in [3.05, 3.63) is 82.7 Å². The van der Waals surface area contributed by atoms with Crippen molar-refractivity contribution in [2.24, 2.45) is 0 Å². The molecule has 0 saturated heterocycles. The van der Waals surface area contributed by atoms with Crippen molar-refractivity contribution in [2.45, 2.75) is 33.9 Å². The molecule has 0 unspecified atom stereocenters. The van der Waals surface area contributed by atoms with Gasteiger partial charge >= 0.3 is 0 Å². The Morgan fingerprint density at radius 2 is 1.93 bits per heavy atom. The number of rotatable bonds is 8. The number of hydrogen-bond donors (Lipinski definition) is 0. The summed E-state index contributed by atoms with van der Waals surface area (Å²) < 4.78 is 13.2. The smallest absolute Gasteiger partial charge is 0.206 e. The lowest BCUT2D eigenvalue weighted by molar-refractivity contribution is 0.104. The normalized spacial score (nSPS) is 11.0. The minimum absolute atomic E-state index is 0.124. The van der Waals surface area contributed by atoms with Crippen molar-refractivity contribution in [1.29, 1.82) is 0 Å². The summed E-state index contributed by atoms with van der Waals surface area (Å²) in [5.74, 6) is 1.48. The van der Waals surface area contributed by atoms with Crippen LogP contribution in [0.25, 0.3) is 6.08 Å². The summed E-state index contributed by atoms with van der Waals surface area (Å²) in [7, 11) is 1.64. The van der Waals surface area contributed by atoms with Crippen molar-refractivity contribution < 1.29 is 14.3 Å². The first-order valence-electron chi connectivity index (χ1n) is 9.63. The molecule has 0 N–H and O–H groups in total. The van der Waals surface area contributed by atoms with Crippen LogP contribution in [0.4, 0.5) is 0 Å². The van der Waals surface area contributed by atoms with E-state index in [0.29, 0.717) is 12.3 Å². The van der Waals surface area contributed by atoms with Crippen molar-refractivity contribution >= 4 is 11.9 Å². The number of aromatic nitrogens is 2. The molecule has 0 aliphatic rings. The molecule has 0 aliphatic carbocycles. The molecular weight excluding hydrogens is 364 g/mol. The van der Waals surface area contributed by atoms with Crippen LogP contribution >= 0.6 is 0 Å². The van der Waals surface area contributed by atoms with Crippen LogP contribution in [0.5, 0.6) is 11.5 Å². The highest BCUT2D eigenvalue weighted by Crippen LogP contribution is 2.25. The van der Waals surface area contributed by atoms with E-state index in [4.69, 9.17) is 9.47 Å². The number of benzene rings is 2. The SMILES string of the molecule is CCn1ccc(C(=O)/C=C/c2ccc(OC)c(COc3cc(C)ccc3C)c2)n1. The highest BCUT2D eigenvalue weighted by Gasteiger charge is 2.08. The fourth-order valence-electron chi connectivity index (χ4n) is 2.96. The fourth-order valence-corrected chi connectivity index (χ4v) is 2.96. The molecule has 0 atom stereocenters. The highest BCUT2D eigenvalue weighted by atomic mass is 16.5. The van der Waals surface area contributed by atoms with Crippen LogP contribution in [-0.2, 0) is 13.2 Å². The van der Waals surface area contributed by atoms with E-state index in [1.807, 2.05) is 51.1 Å². The van der Waals surface area contributed by atoms with E-state index >= 15 is 0 Å². The fraction of sp³-hybridized carbons (Fsp3) is 0.250. The molecule has 0 fully saturated rings. The molecule has 0 spiro atoms. The van der Waals surface area contributed by atoms with Crippen molar-refractivity contribution in [3.8, 4) is 11.5 Å². The lowest BCUT2D eigenvalue weighted by Crippen LogP contribution is -2.01. The van der Waals surface area contributed by atoms with E-state index < -0.39 is 0 Å². The summed E-state index contributed by atoms with van der Waals surface area (Å²) in [4.78, 5) is 12.3. The number of aryl methyl sites for hydroxylation is 3. The number of carbonyl (C=O) groups excluding carboxylic acids is 1. The van der Waals surface area contributed by atoms with Gasteiger partial charge in [0.05, 0.1) is 7.11 Å². The monoisotopic (exact) mass is 390 g/mol. The van der Waals surface area contributed by atoms with Crippen LogP contribution in [0.15, 0.2) is 54.7 Å². The molecule has 3 aromatic rings. The molecule has 0 bridgehead atoms. The predicted octanol–water partition coefficient (Wildman–Crippen LogP) is 5.00. The first-order valence-corrected chi connectivity index (χ1v) is 9.63. The van der Waals surface area contributed by atoms with Crippen LogP contribution < -0.4 is 9.47 Å². The Morgan fingerprint density at radius 1 is 1.10 bits per heavy atom. The summed E-state index contributed by atoms with van der Waals surface area (Å²) in [6, 6.07) is 13.6. The van der Waals surface area contributed by atoms with E-state index in [1.165, 1.54) is 0 Å². The molecule has 0 amide bonds. The van der Waals surface area contributed by atoms with Gasteiger partial charge in [-0.1, -0.05) is 24.3 Å². The van der Waals surface area contributed by atoms with Crippen molar-refractivity contribution in [1.82, 2.24) is 9.78 Å². The van der Waals surface area contributed by atoms with Gasteiger partial charge in [-0.15, -0.1) is 0 Å². The van der Waals surface area contributed by atoms with Crippen molar-refractivity contribution in [3.63, 3.8) is 0 Å². The van der Waals surface area contributed by atoms with Gasteiger partial charge in [0.25, 0.3) is 0 Å². The number of carbonyl (C=O) groups is 1. The zero-order valence-electron chi connectivity index (χ0n) is 17.3. The van der Waals surface area contributed by atoms with Gasteiger partial charge in [-0.25, -0.2) is 0 Å². The third kappa shape index (κ3) is 5.13. The van der Waals surface area contributed by atoms with E-state index in [-0.39, 0.29) is 5.78 Å². The van der Waals surface area contributed by atoms with Crippen LogP contribution in [0.1, 0.15) is 39.7 Å². The van der Waals surface area contributed by atoms with Gasteiger partial charge in [0, 0.05) is 18.3 Å². The average Bonchev–Trinajstić information content (AvgIpc) is 3.22. The van der Waals surface area contributed by atoms with Crippen LogP contribution in [0.3, 0.4) is 0 Å². The van der Waals surface area contributed by atoms with Gasteiger partial charge in [-0.2, -0.15) is 5.10 Å². The molecule has 3 rings (SSSR count). The lowest BCUT2D eigenvalue weighted by Gasteiger charge is -2.13. The number of ether oxygens (including phenoxy) is 2. The minimum Gasteiger partial charge on any atom is -0.496 e. The standard InChI is InChI=1S/C24H26N2O3/c1-5-26-13-12-21(25-26)22(27)10-8-19-9-11-23(28-4)20(15-19)16-29-24-14-17(2)6-7-18(24)3/h6-15H,5,16H2,1-4H3/b10-8+. The van der Waals surface area contributed by atoms with E-state index in [9.17, 15) is 4.79 Å². The second kappa shape index (κ2) is 9.24. The van der Waals surface area contributed by atoms with Crippen molar-refractivity contribution in [2.75, 3.05) is 7.11 Å². The van der Waals surface area contributed by atoms with E-state index in [1.54, 1.807) is 36.2 Å². The Labute approximate surface area is 171 Å². The number of ketones is 1. The van der Waals surface area contributed by atoms with E-state index in [0.717, 1.165) is 40.3 Å². The van der Waals surface area contributed by atoms with Crippen LogP contribution in [0, 0.1) is 13.8 Å². The molecule has 1 aromatic heterocycles. The summed E-state index contributed by atoms with van der Waals surface area (Å²) in [5.41, 5.74) is 4.49. The molecule has 150 valence electrons. The maximum atomic E-state index is 12.3. The third-order valence-corrected chi connectivity index (χ3v) is 4.68. The van der Waals surface area contributed by atoms with Gasteiger partial charge < -0.3 is 9.47 Å². The Balaban J connectivity index is 1.75. The Morgan fingerprint density at radius 3 is 2.66 bits per heavy atom. The summed E-state index contributed by atoms with van der Waals surface area (Å²) in [6.07, 6.45) is 5.13. The molecule has 5 nitrogen and oxygen atoms in total. The first-order chi connectivity index (χ1) is 14.0. The average molecular weight is 390 g/mol. The highest BCUT2D eigenvalue weighted by molar-refractivity contribution is 6.05.